The Morgan fingerprint density at radius 2 is 1.95 bits per heavy atom. The standard InChI is InChI=1S/C12H10N4O3/c13-8-4-2-1-3-7(8)11(18)16-12(19)9-5-15-10(17)6-14-9/h1-6H,13H2,(H,15,17)(H,16,18,19). The van der Waals surface area contributed by atoms with Gasteiger partial charge in [-0.3, -0.25) is 19.7 Å². The van der Waals surface area contributed by atoms with Crippen LogP contribution >= 0.6 is 0 Å². The molecule has 1 heterocycles. The van der Waals surface area contributed by atoms with Crippen LogP contribution in [0.5, 0.6) is 0 Å². The van der Waals surface area contributed by atoms with E-state index in [0.29, 0.717) is 0 Å². The first-order chi connectivity index (χ1) is 9.08. The third-order valence-corrected chi connectivity index (χ3v) is 2.34. The number of para-hydroxylation sites is 1. The number of hydrogen-bond donors (Lipinski definition) is 3. The van der Waals surface area contributed by atoms with E-state index in [4.69, 9.17) is 5.73 Å². The molecule has 0 atom stereocenters. The number of aromatic nitrogens is 2. The second kappa shape index (κ2) is 5.13. The van der Waals surface area contributed by atoms with Crippen LogP contribution in [-0.4, -0.2) is 21.8 Å². The normalized spacial score (nSPS) is 9.89. The fourth-order valence-corrected chi connectivity index (χ4v) is 1.40. The Kier molecular flexibility index (Phi) is 3.37. The molecule has 1 aromatic carbocycles. The van der Waals surface area contributed by atoms with Crippen molar-refractivity contribution in [3.05, 3.63) is 58.3 Å². The van der Waals surface area contributed by atoms with E-state index in [1.807, 2.05) is 0 Å². The van der Waals surface area contributed by atoms with Gasteiger partial charge in [-0.15, -0.1) is 0 Å². The minimum Gasteiger partial charge on any atom is -0.398 e. The maximum absolute atomic E-state index is 11.8. The van der Waals surface area contributed by atoms with E-state index in [2.05, 4.69) is 15.3 Å². The highest BCUT2D eigenvalue weighted by Gasteiger charge is 2.14. The van der Waals surface area contributed by atoms with Gasteiger partial charge < -0.3 is 10.7 Å². The summed E-state index contributed by atoms with van der Waals surface area (Å²) < 4.78 is 0. The van der Waals surface area contributed by atoms with Gasteiger partial charge in [0.1, 0.15) is 5.69 Å². The lowest BCUT2D eigenvalue weighted by Crippen LogP contribution is -2.32. The number of rotatable bonds is 2. The number of amides is 2. The van der Waals surface area contributed by atoms with Crippen LogP contribution in [-0.2, 0) is 0 Å². The molecular weight excluding hydrogens is 248 g/mol. The number of anilines is 1. The molecule has 0 fully saturated rings. The Balaban J connectivity index is 2.15. The Bertz CT molecular complexity index is 673. The third-order valence-electron chi connectivity index (χ3n) is 2.34. The molecule has 19 heavy (non-hydrogen) atoms. The smallest absolute Gasteiger partial charge is 0.278 e. The molecule has 1 aromatic heterocycles. The van der Waals surface area contributed by atoms with E-state index in [0.717, 1.165) is 12.4 Å². The van der Waals surface area contributed by atoms with Crippen LogP contribution in [0.4, 0.5) is 5.69 Å². The molecule has 2 amide bonds. The van der Waals surface area contributed by atoms with Crippen LogP contribution in [0.15, 0.2) is 41.5 Å². The second-order valence-electron chi connectivity index (χ2n) is 3.67. The fourth-order valence-electron chi connectivity index (χ4n) is 1.40. The average molecular weight is 258 g/mol. The molecular formula is C12H10N4O3. The van der Waals surface area contributed by atoms with Crippen molar-refractivity contribution in [1.82, 2.24) is 15.3 Å². The molecule has 0 saturated heterocycles. The van der Waals surface area contributed by atoms with E-state index >= 15 is 0 Å². The van der Waals surface area contributed by atoms with Gasteiger partial charge in [0.15, 0.2) is 0 Å². The summed E-state index contributed by atoms with van der Waals surface area (Å²) >= 11 is 0. The highest BCUT2D eigenvalue weighted by atomic mass is 16.2. The number of imide groups is 1. The molecule has 0 bridgehead atoms. The lowest BCUT2D eigenvalue weighted by Gasteiger charge is -2.05. The van der Waals surface area contributed by atoms with Gasteiger partial charge in [-0.05, 0) is 12.1 Å². The molecule has 0 saturated carbocycles. The summed E-state index contributed by atoms with van der Waals surface area (Å²) in [5.41, 5.74) is 5.58. The zero-order valence-corrected chi connectivity index (χ0v) is 9.71. The number of nitrogens with two attached hydrogens (primary N) is 1. The van der Waals surface area contributed by atoms with Gasteiger partial charge in [0.25, 0.3) is 17.4 Å². The molecule has 2 aromatic rings. The topological polar surface area (TPSA) is 118 Å². The van der Waals surface area contributed by atoms with Crippen molar-refractivity contribution in [2.24, 2.45) is 0 Å². The molecule has 0 radical (unpaired) electrons. The van der Waals surface area contributed by atoms with Gasteiger partial charge in [0.05, 0.1) is 11.8 Å². The minimum atomic E-state index is -0.718. The summed E-state index contributed by atoms with van der Waals surface area (Å²) in [4.78, 5) is 40.2. The summed E-state index contributed by atoms with van der Waals surface area (Å²) in [5.74, 6) is -1.35. The summed E-state index contributed by atoms with van der Waals surface area (Å²) in [6, 6.07) is 6.36. The van der Waals surface area contributed by atoms with E-state index in [-0.39, 0.29) is 16.9 Å². The first-order valence-electron chi connectivity index (χ1n) is 5.33. The summed E-state index contributed by atoms with van der Waals surface area (Å²) in [6.07, 6.45) is 2.08. The van der Waals surface area contributed by atoms with Gasteiger partial charge >= 0.3 is 0 Å². The first-order valence-corrected chi connectivity index (χ1v) is 5.33. The lowest BCUT2D eigenvalue weighted by molar-refractivity contribution is 0.0846. The minimum absolute atomic E-state index is 0.0672. The van der Waals surface area contributed by atoms with Crippen molar-refractivity contribution in [3.8, 4) is 0 Å². The molecule has 7 heteroatoms. The Morgan fingerprint density at radius 1 is 1.21 bits per heavy atom. The quantitative estimate of drug-likeness (QED) is 0.514. The first kappa shape index (κ1) is 12.5. The Labute approximate surface area is 107 Å². The maximum atomic E-state index is 11.8. The molecule has 0 unspecified atom stereocenters. The molecule has 0 spiro atoms. The highest BCUT2D eigenvalue weighted by molar-refractivity contribution is 6.11. The number of nitrogens with zero attached hydrogens (tertiary/aromatic N) is 1. The van der Waals surface area contributed by atoms with Crippen LogP contribution in [0.25, 0.3) is 0 Å². The summed E-state index contributed by atoms with van der Waals surface area (Å²) in [6.45, 7) is 0. The van der Waals surface area contributed by atoms with Gasteiger partial charge in [-0.1, -0.05) is 12.1 Å². The Hall–Kier alpha value is -2.96. The average Bonchev–Trinajstić information content (AvgIpc) is 2.39. The van der Waals surface area contributed by atoms with Gasteiger partial charge in [-0.2, -0.15) is 0 Å². The fraction of sp³-hybridized carbons (Fsp3) is 0. The van der Waals surface area contributed by atoms with Crippen LogP contribution < -0.4 is 16.6 Å². The monoisotopic (exact) mass is 258 g/mol. The van der Waals surface area contributed by atoms with E-state index in [1.165, 1.54) is 6.07 Å². The molecule has 0 aliphatic rings. The molecule has 0 aliphatic heterocycles. The SMILES string of the molecule is Nc1ccccc1C(=O)NC(=O)c1c[nH]c(=O)cn1. The van der Waals surface area contributed by atoms with Crippen molar-refractivity contribution < 1.29 is 9.59 Å². The van der Waals surface area contributed by atoms with Crippen molar-refractivity contribution in [2.75, 3.05) is 5.73 Å². The predicted molar refractivity (Wildman–Crippen MR) is 67.5 cm³/mol. The van der Waals surface area contributed by atoms with Crippen LogP contribution in [0, 0.1) is 0 Å². The van der Waals surface area contributed by atoms with Crippen LogP contribution in [0.1, 0.15) is 20.8 Å². The van der Waals surface area contributed by atoms with E-state index in [1.54, 1.807) is 18.2 Å². The van der Waals surface area contributed by atoms with Crippen LogP contribution in [0.3, 0.4) is 0 Å². The number of nitrogens with one attached hydrogen (secondary N) is 2. The van der Waals surface area contributed by atoms with E-state index in [9.17, 15) is 14.4 Å². The van der Waals surface area contributed by atoms with Crippen molar-refractivity contribution >= 4 is 17.5 Å². The molecule has 7 nitrogen and oxygen atoms in total. The number of nitrogen functional groups attached to an aromatic ring is 1. The van der Waals surface area contributed by atoms with Gasteiger partial charge in [-0.25, -0.2) is 4.98 Å². The zero-order valence-electron chi connectivity index (χ0n) is 9.71. The van der Waals surface area contributed by atoms with Crippen molar-refractivity contribution in [1.29, 1.82) is 0 Å². The predicted octanol–water partition coefficient (Wildman–Crippen LogP) is -0.0777. The van der Waals surface area contributed by atoms with Crippen molar-refractivity contribution in [2.45, 2.75) is 0 Å². The number of H-pyrrole nitrogens is 1. The number of benzene rings is 1. The van der Waals surface area contributed by atoms with Crippen molar-refractivity contribution in [3.63, 3.8) is 0 Å². The zero-order chi connectivity index (χ0) is 13.8. The molecule has 4 N–H and O–H groups in total. The van der Waals surface area contributed by atoms with Gasteiger partial charge in [0, 0.05) is 11.9 Å². The number of carbonyl (C=O) groups excluding carboxylic acids is 2. The molecule has 0 aliphatic carbocycles. The molecule has 2 rings (SSSR count). The largest absolute Gasteiger partial charge is 0.398 e. The Morgan fingerprint density at radius 3 is 2.58 bits per heavy atom. The number of aromatic amines is 1. The number of hydrogen-bond acceptors (Lipinski definition) is 5. The second-order valence-corrected chi connectivity index (χ2v) is 3.67. The third kappa shape index (κ3) is 2.83. The lowest BCUT2D eigenvalue weighted by atomic mass is 10.1. The maximum Gasteiger partial charge on any atom is 0.278 e. The number of carbonyl (C=O) groups is 2. The van der Waals surface area contributed by atoms with Gasteiger partial charge in [0.2, 0.25) is 0 Å². The van der Waals surface area contributed by atoms with E-state index < -0.39 is 17.4 Å². The summed E-state index contributed by atoms with van der Waals surface area (Å²) in [7, 11) is 0. The highest BCUT2D eigenvalue weighted by Crippen LogP contribution is 2.09. The van der Waals surface area contributed by atoms with Crippen LogP contribution in [0.2, 0.25) is 0 Å². The molecule has 96 valence electrons. The summed E-state index contributed by atoms with van der Waals surface area (Å²) in [5, 5.41) is 2.13.